The van der Waals surface area contributed by atoms with Crippen molar-refractivity contribution in [3.05, 3.63) is 5.82 Å². The Morgan fingerprint density at radius 1 is 1.44 bits per heavy atom. The number of hydrogen-bond donors (Lipinski definition) is 3. The standard InChI is InChI=1S/C8H12N4O4/c1-8(2,3)16-7(15)10-6-9-4(5(13)14)11-12-6/h1-3H3,(H,13,14)(H2,9,10,11,12,15). The zero-order valence-electron chi connectivity index (χ0n) is 9.07. The van der Waals surface area contributed by atoms with Crippen LogP contribution in [0.1, 0.15) is 31.4 Å². The van der Waals surface area contributed by atoms with Crippen molar-refractivity contribution in [3.8, 4) is 0 Å². The quantitative estimate of drug-likeness (QED) is 0.690. The normalized spacial score (nSPS) is 10.9. The fourth-order valence-electron chi connectivity index (χ4n) is 0.808. The summed E-state index contributed by atoms with van der Waals surface area (Å²) in [6, 6.07) is 0. The number of nitrogens with zero attached hydrogens (tertiary/aromatic N) is 2. The highest BCUT2D eigenvalue weighted by atomic mass is 16.6. The van der Waals surface area contributed by atoms with Gasteiger partial charge < -0.3 is 9.84 Å². The Bertz CT molecular complexity index is 406. The predicted octanol–water partition coefficient (Wildman–Crippen LogP) is 0.850. The molecule has 0 bridgehead atoms. The highest BCUT2D eigenvalue weighted by molar-refractivity contribution is 5.85. The van der Waals surface area contributed by atoms with Gasteiger partial charge in [0.2, 0.25) is 5.82 Å². The molecule has 0 aliphatic heterocycles. The van der Waals surface area contributed by atoms with E-state index < -0.39 is 17.7 Å². The van der Waals surface area contributed by atoms with Gasteiger partial charge in [-0.25, -0.2) is 9.59 Å². The lowest BCUT2D eigenvalue weighted by atomic mass is 10.2. The van der Waals surface area contributed by atoms with Crippen molar-refractivity contribution in [2.75, 3.05) is 5.32 Å². The summed E-state index contributed by atoms with van der Waals surface area (Å²) in [7, 11) is 0. The van der Waals surface area contributed by atoms with Crippen molar-refractivity contribution < 1.29 is 19.4 Å². The fraction of sp³-hybridized carbons (Fsp3) is 0.500. The number of aromatic carboxylic acids is 1. The van der Waals surface area contributed by atoms with Crippen LogP contribution >= 0.6 is 0 Å². The van der Waals surface area contributed by atoms with Gasteiger partial charge >= 0.3 is 12.1 Å². The van der Waals surface area contributed by atoms with Gasteiger partial charge in [-0.15, -0.1) is 5.10 Å². The highest BCUT2D eigenvalue weighted by Gasteiger charge is 2.18. The monoisotopic (exact) mass is 228 g/mol. The number of hydrogen-bond acceptors (Lipinski definition) is 5. The molecular weight excluding hydrogens is 216 g/mol. The Balaban J connectivity index is 2.60. The zero-order chi connectivity index (χ0) is 12.3. The highest BCUT2D eigenvalue weighted by Crippen LogP contribution is 2.08. The van der Waals surface area contributed by atoms with E-state index in [4.69, 9.17) is 9.84 Å². The summed E-state index contributed by atoms with van der Waals surface area (Å²) < 4.78 is 4.92. The second-order valence-corrected chi connectivity index (χ2v) is 3.94. The molecule has 8 heteroatoms. The van der Waals surface area contributed by atoms with Crippen LogP contribution in [0.15, 0.2) is 0 Å². The molecule has 0 aliphatic carbocycles. The number of rotatable bonds is 2. The van der Waals surface area contributed by atoms with E-state index >= 15 is 0 Å². The molecule has 0 saturated carbocycles. The Kier molecular flexibility index (Phi) is 3.11. The number of carbonyl (C=O) groups is 2. The number of H-pyrrole nitrogens is 1. The number of nitrogens with one attached hydrogen (secondary N) is 2. The van der Waals surface area contributed by atoms with Crippen molar-refractivity contribution in [1.29, 1.82) is 0 Å². The van der Waals surface area contributed by atoms with Gasteiger partial charge in [0.25, 0.3) is 5.95 Å². The van der Waals surface area contributed by atoms with Crippen molar-refractivity contribution >= 4 is 18.0 Å². The minimum absolute atomic E-state index is 0.147. The maximum atomic E-state index is 11.2. The molecule has 88 valence electrons. The Hall–Kier alpha value is -2.12. The number of aromatic amines is 1. The topological polar surface area (TPSA) is 117 Å². The molecule has 0 spiro atoms. The summed E-state index contributed by atoms with van der Waals surface area (Å²) >= 11 is 0. The number of carboxylic acids is 1. The van der Waals surface area contributed by atoms with Crippen LogP contribution < -0.4 is 5.32 Å². The average Bonchev–Trinajstić information content (AvgIpc) is 2.48. The molecule has 1 amide bonds. The summed E-state index contributed by atoms with van der Waals surface area (Å²) in [5, 5.41) is 16.4. The maximum absolute atomic E-state index is 11.2. The molecule has 0 fully saturated rings. The predicted molar refractivity (Wildman–Crippen MR) is 53.2 cm³/mol. The lowest BCUT2D eigenvalue weighted by molar-refractivity contribution is 0.0631. The van der Waals surface area contributed by atoms with Gasteiger partial charge in [0.15, 0.2) is 0 Å². The fourth-order valence-corrected chi connectivity index (χ4v) is 0.808. The van der Waals surface area contributed by atoms with E-state index in [1.54, 1.807) is 20.8 Å². The molecule has 8 nitrogen and oxygen atoms in total. The first kappa shape index (κ1) is 12.0. The number of carboxylic acid groups (broad SMARTS) is 1. The van der Waals surface area contributed by atoms with Crippen molar-refractivity contribution in [2.45, 2.75) is 26.4 Å². The van der Waals surface area contributed by atoms with Gasteiger partial charge in [0.1, 0.15) is 5.60 Å². The van der Waals surface area contributed by atoms with Crippen LogP contribution in [0.5, 0.6) is 0 Å². The zero-order valence-corrected chi connectivity index (χ0v) is 9.07. The van der Waals surface area contributed by atoms with E-state index in [0.29, 0.717) is 0 Å². The number of ether oxygens (including phenoxy) is 1. The molecule has 1 rings (SSSR count). The van der Waals surface area contributed by atoms with E-state index in [2.05, 4.69) is 20.5 Å². The van der Waals surface area contributed by atoms with E-state index in [9.17, 15) is 9.59 Å². The first-order valence-electron chi connectivity index (χ1n) is 4.43. The maximum Gasteiger partial charge on any atom is 0.414 e. The number of anilines is 1. The molecule has 16 heavy (non-hydrogen) atoms. The molecule has 3 N–H and O–H groups in total. The molecule has 0 unspecified atom stereocenters. The van der Waals surface area contributed by atoms with E-state index in [1.807, 2.05) is 0 Å². The third-order valence-electron chi connectivity index (χ3n) is 1.30. The summed E-state index contributed by atoms with van der Waals surface area (Å²) in [5.41, 5.74) is -0.643. The average molecular weight is 228 g/mol. The van der Waals surface area contributed by atoms with Gasteiger partial charge in [-0.2, -0.15) is 4.98 Å². The second kappa shape index (κ2) is 4.17. The van der Waals surface area contributed by atoms with Crippen molar-refractivity contribution in [1.82, 2.24) is 15.2 Å². The minimum atomic E-state index is -1.26. The minimum Gasteiger partial charge on any atom is -0.475 e. The van der Waals surface area contributed by atoms with Gasteiger partial charge in [0, 0.05) is 0 Å². The van der Waals surface area contributed by atoms with Crippen LogP contribution in [0.4, 0.5) is 10.7 Å². The van der Waals surface area contributed by atoms with E-state index in [1.165, 1.54) is 0 Å². The lowest BCUT2D eigenvalue weighted by Crippen LogP contribution is -2.27. The van der Waals surface area contributed by atoms with Crippen LogP contribution in [-0.4, -0.2) is 38.0 Å². The molecule has 0 saturated heterocycles. The second-order valence-electron chi connectivity index (χ2n) is 3.94. The molecule has 0 atom stereocenters. The molecular formula is C8H12N4O4. The SMILES string of the molecule is CC(C)(C)OC(=O)Nc1n[nH]c(C(=O)O)n1. The number of amides is 1. The molecule has 1 aromatic rings. The van der Waals surface area contributed by atoms with Gasteiger partial charge in [0.05, 0.1) is 0 Å². The van der Waals surface area contributed by atoms with Gasteiger partial charge in [-0.1, -0.05) is 0 Å². The Labute approximate surface area is 91.0 Å². The Morgan fingerprint density at radius 2 is 2.06 bits per heavy atom. The van der Waals surface area contributed by atoms with Crippen LogP contribution in [0.2, 0.25) is 0 Å². The molecule has 1 aromatic heterocycles. The first-order chi connectivity index (χ1) is 7.28. The molecule has 1 heterocycles. The number of carbonyl (C=O) groups excluding carboxylic acids is 1. The summed E-state index contributed by atoms with van der Waals surface area (Å²) in [6.07, 6.45) is -0.747. The first-order valence-corrected chi connectivity index (χ1v) is 4.43. The van der Waals surface area contributed by atoms with Crippen LogP contribution in [-0.2, 0) is 4.74 Å². The largest absolute Gasteiger partial charge is 0.475 e. The van der Waals surface area contributed by atoms with Crippen LogP contribution in [0, 0.1) is 0 Å². The summed E-state index contributed by atoms with van der Waals surface area (Å²) in [6.45, 7) is 5.10. The third kappa shape index (κ3) is 3.56. The molecule has 0 aliphatic rings. The van der Waals surface area contributed by atoms with Crippen LogP contribution in [0.25, 0.3) is 0 Å². The van der Waals surface area contributed by atoms with Crippen molar-refractivity contribution in [2.24, 2.45) is 0 Å². The summed E-state index contributed by atoms with van der Waals surface area (Å²) in [4.78, 5) is 25.2. The van der Waals surface area contributed by atoms with Crippen molar-refractivity contribution in [3.63, 3.8) is 0 Å². The smallest absolute Gasteiger partial charge is 0.414 e. The summed E-state index contributed by atoms with van der Waals surface area (Å²) in [5.74, 6) is -1.76. The van der Waals surface area contributed by atoms with Gasteiger partial charge in [-0.3, -0.25) is 10.4 Å². The molecule has 0 aromatic carbocycles. The van der Waals surface area contributed by atoms with Gasteiger partial charge in [-0.05, 0) is 20.8 Å². The van der Waals surface area contributed by atoms with E-state index in [0.717, 1.165) is 0 Å². The third-order valence-corrected chi connectivity index (χ3v) is 1.30. The molecule has 0 radical (unpaired) electrons. The Morgan fingerprint density at radius 3 is 2.50 bits per heavy atom. The number of aromatic nitrogens is 3. The van der Waals surface area contributed by atoms with E-state index in [-0.39, 0.29) is 11.8 Å². The lowest BCUT2D eigenvalue weighted by Gasteiger charge is -2.18. The van der Waals surface area contributed by atoms with Crippen LogP contribution in [0.3, 0.4) is 0 Å².